The molecule has 0 radical (unpaired) electrons. The summed E-state index contributed by atoms with van der Waals surface area (Å²) in [6, 6.07) is 4.95. The molecule has 0 aliphatic rings. The maximum atomic E-state index is 10.4. The summed E-state index contributed by atoms with van der Waals surface area (Å²) in [6.07, 6.45) is 5.93. The number of hydrogen-bond donors (Lipinski definition) is 2. The molecule has 0 aliphatic carbocycles. The zero-order valence-corrected chi connectivity index (χ0v) is 14.1. The number of non-ortho nitro benzene ring substituents is 1. The summed E-state index contributed by atoms with van der Waals surface area (Å²) >= 11 is 4.13. The smallest absolute Gasteiger partial charge is 0.324 e. The van der Waals surface area contributed by atoms with E-state index in [2.05, 4.69) is 23.7 Å². The Morgan fingerprint density at radius 1 is 1.04 bits per heavy atom. The van der Waals surface area contributed by atoms with Crippen LogP contribution in [0.1, 0.15) is 12.0 Å². The standard InChI is InChI=1S/C8H11NS.C6H3N3O7/c10-6-2-4-8-3-1-5-9-7-8;10-6-4(8(13)14)1-3(7(11)12)2-5(6)9(15)16/h1,3,5,7,10H,2,4,6H2;1-2,10H. The number of nitro groups is 3. The molecule has 2 rings (SSSR count). The van der Waals surface area contributed by atoms with Crippen molar-refractivity contribution < 1.29 is 19.9 Å². The zero-order chi connectivity index (χ0) is 19.7. The molecule has 26 heavy (non-hydrogen) atoms. The third kappa shape index (κ3) is 5.98. The van der Waals surface area contributed by atoms with Gasteiger partial charge in [0.2, 0.25) is 0 Å². The van der Waals surface area contributed by atoms with E-state index < -0.39 is 37.6 Å². The van der Waals surface area contributed by atoms with Gasteiger partial charge in [-0.1, -0.05) is 6.07 Å². The largest absolute Gasteiger partial charge is 0.497 e. The van der Waals surface area contributed by atoms with E-state index in [9.17, 15) is 30.3 Å². The molecule has 0 amide bonds. The molecule has 0 saturated carbocycles. The summed E-state index contributed by atoms with van der Waals surface area (Å²) in [4.78, 5) is 31.8. The minimum atomic E-state index is -1.21. The van der Waals surface area contributed by atoms with Crippen molar-refractivity contribution in [3.63, 3.8) is 0 Å². The number of nitrogens with zero attached hydrogens (tertiary/aromatic N) is 4. The first-order valence-electron chi connectivity index (χ1n) is 7.07. The summed E-state index contributed by atoms with van der Waals surface area (Å²) in [7, 11) is 0. The van der Waals surface area contributed by atoms with Crippen molar-refractivity contribution in [1.29, 1.82) is 0 Å². The van der Waals surface area contributed by atoms with Crippen LogP contribution in [0.2, 0.25) is 0 Å². The first kappa shape index (κ1) is 20.8. The Labute approximate surface area is 152 Å². The molecule has 1 heterocycles. The van der Waals surface area contributed by atoms with Gasteiger partial charge in [0.05, 0.1) is 26.9 Å². The van der Waals surface area contributed by atoms with Crippen LogP contribution < -0.4 is 0 Å². The van der Waals surface area contributed by atoms with Crippen LogP contribution in [-0.2, 0) is 6.42 Å². The molecule has 138 valence electrons. The Balaban J connectivity index is 0.000000289. The molecule has 11 nitrogen and oxygen atoms in total. The van der Waals surface area contributed by atoms with Gasteiger partial charge in [-0.2, -0.15) is 12.6 Å². The normalized spacial score (nSPS) is 9.73. The number of phenols is 1. The van der Waals surface area contributed by atoms with Crippen molar-refractivity contribution in [2.75, 3.05) is 5.75 Å². The lowest BCUT2D eigenvalue weighted by Crippen LogP contribution is -1.97. The maximum absolute atomic E-state index is 10.4. The van der Waals surface area contributed by atoms with Crippen LogP contribution >= 0.6 is 12.6 Å². The number of aromatic nitrogens is 1. The lowest BCUT2D eigenvalue weighted by Gasteiger charge is -1.97. The fraction of sp³-hybridized carbons (Fsp3) is 0.214. The molecule has 0 spiro atoms. The number of thiol groups is 1. The highest BCUT2D eigenvalue weighted by atomic mass is 32.1. The minimum absolute atomic E-state index is 0.447. The monoisotopic (exact) mass is 382 g/mol. The van der Waals surface area contributed by atoms with Gasteiger partial charge < -0.3 is 5.11 Å². The molecule has 0 aliphatic heterocycles. The van der Waals surface area contributed by atoms with E-state index >= 15 is 0 Å². The van der Waals surface area contributed by atoms with E-state index in [0.717, 1.165) is 18.6 Å². The molecule has 1 aromatic heterocycles. The van der Waals surface area contributed by atoms with Gasteiger partial charge >= 0.3 is 11.4 Å². The van der Waals surface area contributed by atoms with E-state index in [1.54, 1.807) is 6.20 Å². The van der Waals surface area contributed by atoms with Gasteiger partial charge in [0.25, 0.3) is 11.4 Å². The number of hydrogen-bond acceptors (Lipinski definition) is 9. The molecule has 0 saturated heterocycles. The van der Waals surface area contributed by atoms with Gasteiger partial charge in [0.1, 0.15) is 0 Å². The maximum Gasteiger partial charge on any atom is 0.324 e. The van der Waals surface area contributed by atoms with Gasteiger partial charge in [0.15, 0.2) is 0 Å². The summed E-state index contributed by atoms with van der Waals surface area (Å²) in [6.45, 7) is 0. The average molecular weight is 382 g/mol. The Morgan fingerprint density at radius 2 is 1.62 bits per heavy atom. The fourth-order valence-electron chi connectivity index (χ4n) is 1.80. The second kappa shape index (κ2) is 9.88. The number of pyridine rings is 1. The second-order valence-electron chi connectivity index (χ2n) is 4.79. The summed E-state index contributed by atoms with van der Waals surface area (Å²) < 4.78 is 0. The Morgan fingerprint density at radius 3 is 2.00 bits per heavy atom. The van der Waals surface area contributed by atoms with Crippen LogP contribution in [0.3, 0.4) is 0 Å². The first-order valence-corrected chi connectivity index (χ1v) is 7.71. The minimum Gasteiger partial charge on any atom is -0.497 e. The van der Waals surface area contributed by atoms with Crippen molar-refractivity contribution in [3.05, 3.63) is 72.6 Å². The van der Waals surface area contributed by atoms with Crippen LogP contribution in [-0.4, -0.2) is 30.6 Å². The fourth-order valence-corrected chi connectivity index (χ4v) is 1.96. The average Bonchev–Trinajstić information content (AvgIpc) is 2.60. The number of phenolic OH excluding ortho intramolecular Hbond substituents is 1. The molecule has 0 fully saturated rings. The Bertz CT molecular complexity index is 766. The van der Waals surface area contributed by atoms with Crippen LogP contribution in [0, 0.1) is 30.3 Å². The second-order valence-corrected chi connectivity index (χ2v) is 5.24. The van der Waals surface area contributed by atoms with E-state index in [-0.39, 0.29) is 0 Å². The highest BCUT2D eigenvalue weighted by Gasteiger charge is 2.30. The Kier molecular flexibility index (Phi) is 7.89. The van der Waals surface area contributed by atoms with Gasteiger partial charge in [0, 0.05) is 12.4 Å². The van der Waals surface area contributed by atoms with E-state index in [4.69, 9.17) is 5.11 Å². The van der Waals surface area contributed by atoms with Crippen molar-refractivity contribution in [3.8, 4) is 5.75 Å². The molecule has 1 aromatic carbocycles. The summed E-state index contributed by atoms with van der Waals surface area (Å²) in [5.41, 5.74) is -1.70. The first-order chi connectivity index (χ1) is 12.3. The summed E-state index contributed by atoms with van der Waals surface area (Å²) in [5, 5.41) is 40.2. The number of aryl methyl sites for hydroxylation is 1. The van der Waals surface area contributed by atoms with Crippen LogP contribution in [0.5, 0.6) is 5.75 Å². The molecule has 1 N–H and O–H groups in total. The molecular weight excluding hydrogens is 368 g/mol. The van der Waals surface area contributed by atoms with Gasteiger partial charge in [-0.25, -0.2) is 0 Å². The van der Waals surface area contributed by atoms with Crippen LogP contribution in [0.15, 0.2) is 36.7 Å². The number of nitro benzene ring substituents is 3. The number of rotatable bonds is 6. The topological polar surface area (TPSA) is 163 Å². The molecule has 0 bridgehead atoms. The highest BCUT2D eigenvalue weighted by molar-refractivity contribution is 7.80. The summed E-state index contributed by atoms with van der Waals surface area (Å²) in [5.74, 6) is -0.255. The molecule has 2 aromatic rings. The molecule has 0 atom stereocenters. The van der Waals surface area contributed by atoms with E-state index in [1.807, 2.05) is 12.3 Å². The molecule has 0 unspecified atom stereocenters. The van der Waals surface area contributed by atoms with Gasteiger partial charge in [-0.3, -0.25) is 35.3 Å². The predicted molar refractivity (Wildman–Crippen MR) is 94.5 cm³/mol. The Hall–Kier alpha value is -3.28. The van der Waals surface area contributed by atoms with E-state index in [1.165, 1.54) is 5.56 Å². The van der Waals surface area contributed by atoms with Gasteiger partial charge in [-0.15, -0.1) is 0 Å². The van der Waals surface area contributed by atoms with Crippen molar-refractivity contribution in [1.82, 2.24) is 4.98 Å². The SMILES string of the molecule is O=[N+]([O-])c1cc([N+](=O)[O-])c(O)c([N+](=O)[O-])c1.SCCCc1cccnc1. The van der Waals surface area contributed by atoms with Crippen molar-refractivity contribution >= 4 is 29.7 Å². The lowest BCUT2D eigenvalue weighted by atomic mass is 10.2. The van der Waals surface area contributed by atoms with Crippen LogP contribution in [0.4, 0.5) is 17.1 Å². The third-order valence-corrected chi connectivity index (χ3v) is 3.32. The van der Waals surface area contributed by atoms with Crippen molar-refractivity contribution in [2.24, 2.45) is 0 Å². The van der Waals surface area contributed by atoms with Crippen molar-refractivity contribution in [2.45, 2.75) is 12.8 Å². The van der Waals surface area contributed by atoms with Gasteiger partial charge in [-0.05, 0) is 30.2 Å². The predicted octanol–water partition coefficient (Wildman–Crippen LogP) is 3.06. The highest BCUT2D eigenvalue weighted by Crippen LogP contribution is 2.38. The third-order valence-electron chi connectivity index (χ3n) is 3.01. The molecule has 12 heteroatoms. The van der Waals surface area contributed by atoms with Crippen LogP contribution in [0.25, 0.3) is 0 Å². The molecular formula is C14H14N4O7S. The number of aromatic hydroxyl groups is 1. The van der Waals surface area contributed by atoms with E-state index in [0.29, 0.717) is 12.1 Å². The quantitative estimate of drug-likeness (QED) is 0.437. The lowest BCUT2D eigenvalue weighted by molar-refractivity contribution is -0.404. The zero-order valence-electron chi connectivity index (χ0n) is 13.2. The number of benzene rings is 1.